The third kappa shape index (κ3) is 4.59. The van der Waals surface area contributed by atoms with E-state index in [1.807, 2.05) is 18.7 Å². The van der Waals surface area contributed by atoms with Crippen LogP contribution in [0, 0.1) is 13.8 Å². The first-order valence-corrected chi connectivity index (χ1v) is 10.5. The van der Waals surface area contributed by atoms with E-state index in [1.165, 1.54) is 0 Å². The minimum absolute atomic E-state index is 0.00369. The molecule has 0 aliphatic carbocycles. The number of hydrogen-bond acceptors (Lipinski definition) is 5. The van der Waals surface area contributed by atoms with E-state index in [1.54, 1.807) is 36.7 Å². The molecule has 2 N–H and O–H groups in total. The van der Waals surface area contributed by atoms with Gasteiger partial charge < -0.3 is 10.2 Å². The number of piperidine rings is 1. The van der Waals surface area contributed by atoms with Crippen molar-refractivity contribution < 1.29 is 9.59 Å². The van der Waals surface area contributed by atoms with Crippen molar-refractivity contribution in [1.82, 2.24) is 25.1 Å². The molecule has 0 radical (unpaired) electrons. The van der Waals surface area contributed by atoms with E-state index in [0.29, 0.717) is 46.4 Å². The fourth-order valence-electron chi connectivity index (χ4n) is 3.71. The summed E-state index contributed by atoms with van der Waals surface area (Å²) in [4.78, 5) is 36.1. The zero-order valence-electron chi connectivity index (χ0n) is 17.4. The molecule has 4 rings (SSSR count). The average molecular weight is 439 g/mol. The van der Waals surface area contributed by atoms with Crippen LogP contribution in [0.4, 0.5) is 5.69 Å². The summed E-state index contributed by atoms with van der Waals surface area (Å²) < 4.78 is 0. The van der Waals surface area contributed by atoms with Crippen molar-refractivity contribution in [3.05, 3.63) is 70.0 Å². The lowest BCUT2D eigenvalue weighted by atomic mass is 9.95. The minimum Gasteiger partial charge on any atom is -0.338 e. The number of H-pyrrole nitrogens is 1. The number of carbonyl (C=O) groups is 2. The van der Waals surface area contributed by atoms with Gasteiger partial charge in [-0.2, -0.15) is 5.10 Å². The van der Waals surface area contributed by atoms with Gasteiger partial charge in [0.25, 0.3) is 11.8 Å². The molecule has 1 aliphatic heterocycles. The Labute approximate surface area is 185 Å². The molecule has 3 aromatic rings. The second-order valence-corrected chi connectivity index (χ2v) is 8.10. The molecule has 3 heterocycles. The molecular weight excluding hydrogens is 416 g/mol. The molecule has 0 spiro atoms. The maximum Gasteiger partial charge on any atom is 0.259 e. The molecule has 1 saturated heterocycles. The molecule has 160 valence electrons. The summed E-state index contributed by atoms with van der Waals surface area (Å²) >= 11 is 5.88. The number of halogens is 1. The summed E-state index contributed by atoms with van der Waals surface area (Å²) in [6, 6.07) is 6.92. The first-order valence-electron chi connectivity index (χ1n) is 10.1. The van der Waals surface area contributed by atoms with Gasteiger partial charge in [0.15, 0.2) is 0 Å². The van der Waals surface area contributed by atoms with E-state index >= 15 is 0 Å². The van der Waals surface area contributed by atoms with Crippen molar-refractivity contribution in [2.24, 2.45) is 0 Å². The first kappa shape index (κ1) is 21.0. The van der Waals surface area contributed by atoms with Crippen molar-refractivity contribution in [2.75, 3.05) is 18.4 Å². The summed E-state index contributed by atoms with van der Waals surface area (Å²) in [6.07, 6.45) is 4.70. The number of amides is 2. The second kappa shape index (κ2) is 8.85. The molecule has 0 saturated carbocycles. The average Bonchev–Trinajstić information content (AvgIpc) is 3.20. The van der Waals surface area contributed by atoms with Crippen molar-refractivity contribution >= 4 is 29.1 Å². The van der Waals surface area contributed by atoms with Gasteiger partial charge in [0.2, 0.25) is 0 Å². The Morgan fingerprint density at radius 2 is 1.81 bits per heavy atom. The molecule has 9 heteroatoms. The van der Waals surface area contributed by atoms with Gasteiger partial charge in [-0.1, -0.05) is 11.6 Å². The highest BCUT2D eigenvalue weighted by atomic mass is 35.5. The lowest BCUT2D eigenvalue weighted by Crippen LogP contribution is -2.38. The molecule has 8 nitrogen and oxygen atoms in total. The first-order chi connectivity index (χ1) is 14.9. The fraction of sp³-hybridized carbons (Fsp3) is 0.318. The topological polar surface area (TPSA) is 104 Å². The Morgan fingerprint density at radius 3 is 2.42 bits per heavy atom. The van der Waals surface area contributed by atoms with Gasteiger partial charge in [-0.05, 0) is 51.0 Å². The number of benzene rings is 1. The number of nitrogens with one attached hydrogen (secondary N) is 2. The van der Waals surface area contributed by atoms with E-state index < -0.39 is 0 Å². The van der Waals surface area contributed by atoms with Crippen molar-refractivity contribution in [3.63, 3.8) is 0 Å². The normalized spacial score (nSPS) is 14.5. The van der Waals surface area contributed by atoms with Crippen molar-refractivity contribution in [3.8, 4) is 0 Å². The van der Waals surface area contributed by atoms with E-state index in [2.05, 4.69) is 25.5 Å². The van der Waals surface area contributed by atoms with Crippen LogP contribution in [0.25, 0.3) is 0 Å². The Kier molecular flexibility index (Phi) is 5.99. The molecule has 1 fully saturated rings. The predicted molar refractivity (Wildman–Crippen MR) is 117 cm³/mol. The highest BCUT2D eigenvalue weighted by molar-refractivity contribution is 6.30. The number of likely N-dealkylation sites (tertiary alicyclic amines) is 1. The number of nitrogens with zero attached hydrogens (tertiary/aromatic N) is 4. The van der Waals surface area contributed by atoms with Gasteiger partial charge in [0.1, 0.15) is 5.82 Å². The number of hydrogen-bond donors (Lipinski definition) is 2. The van der Waals surface area contributed by atoms with Crippen LogP contribution >= 0.6 is 11.6 Å². The van der Waals surface area contributed by atoms with Crippen molar-refractivity contribution in [2.45, 2.75) is 32.6 Å². The summed E-state index contributed by atoms with van der Waals surface area (Å²) in [7, 11) is 0. The molecule has 2 amide bonds. The van der Waals surface area contributed by atoms with Crippen LogP contribution in [0.5, 0.6) is 0 Å². The molecular formula is C22H23ClN6O2. The molecule has 31 heavy (non-hydrogen) atoms. The number of rotatable bonds is 4. The second-order valence-electron chi connectivity index (χ2n) is 7.66. The van der Waals surface area contributed by atoms with Crippen LogP contribution in [-0.2, 0) is 0 Å². The molecule has 1 aliphatic rings. The SMILES string of the molecule is Cc1nc(C2CCN(C(=O)c3cn[nH]c3C)CC2)ncc1C(=O)Nc1ccc(Cl)cc1. The maximum atomic E-state index is 12.7. The van der Waals surface area contributed by atoms with Crippen LogP contribution in [0.1, 0.15) is 56.7 Å². The maximum absolute atomic E-state index is 12.7. The third-order valence-electron chi connectivity index (χ3n) is 5.55. The standard InChI is InChI=1S/C22H23ClN6O2/c1-13-18(21(30)27-17-5-3-16(23)4-6-17)11-24-20(26-13)15-7-9-29(10-8-15)22(31)19-12-25-28-14(19)2/h3-6,11-12,15H,7-10H2,1-2H3,(H,25,28)(H,27,30). The largest absolute Gasteiger partial charge is 0.338 e. The van der Waals surface area contributed by atoms with Crippen LogP contribution in [-0.4, -0.2) is 50.0 Å². The van der Waals surface area contributed by atoms with Crippen LogP contribution in [0.15, 0.2) is 36.7 Å². The number of aromatic nitrogens is 4. The van der Waals surface area contributed by atoms with Gasteiger partial charge in [-0.25, -0.2) is 9.97 Å². The van der Waals surface area contributed by atoms with Gasteiger partial charge in [-0.3, -0.25) is 14.7 Å². The Balaban J connectivity index is 1.39. The van der Waals surface area contributed by atoms with Gasteiger partial charge in [0, 0.05) is 41.6 Å². The van der Waals surface area contributed by atoms with Crippen LogP contribution in [0.2, 0.25) is 5.02 Å². The highest BCUT2D eigenvalue weighted by Gasteiger charge is 2.27. The Morgan fingerprint density at radius 1 is 1.10 bits per heavy atom. The van der Waals surface area contributed by atoms with E-state index in [0.717, 1.165) is 18.5 Å². The fourth-order valence-corrected chi connectivity index (χ4v) is 3.84. The van der Waals surface area contributed by atoms with E-state index in [-0.39, 0.29) is 17.7 Å². The lowest BCUT2D eigenvalue weighted by molar-refractivity contribution is 0.0710. The zero-order valence-corrected chi connectivity index (χ0v) is 18.1. The van der Waals surface area contributed by atoms with E-state index in [4.69, 9.17) is 11.6 Å². The van der Waals surface area contributed by atoms with E-state index in [9.17, 15) is 9.59 Å². The summed E-state index contributed by atoms with van der Waals surface area (Å²) in [6.45, 7) is 4.92. The number of carbonyl (C=O) groups excluding carboxylic acids is 2. The van der Waals surface area contributed by atoms with Crippen LogP contribution < -0.4 is 5.32 Å². The Hall–Kier alpha value is -3.26. The highest BCUT2D eigenvalue weighted by Crippen LogP contribution is 2.27. The number of aryl methyl sites for hydroxylation is 2. The molecule has 1 aromatic carbocycles. The van der Waals surface area contributed by atoms with Crippen LogP contribution in [0.3, 0.4) is 0 Å². The lowest BCUT2D eigenvalue weighted by Gasteiger charge is -2.31. The molecule has 0 unspecified atom stereocenters. The van der Waals surface area contributed by atoms with Gasteiger partial charge in [-0.15, -0.1) is 0 Å². The minimum atomic E-state index is -0.262. The predicted octanol–water partition coefficient (Wildman–Crippen LogP) is 3.74. The van der Waals surface area contributed by atoms with Gasteiger partial charge >= 0.3 is 0 Å². The number of aromatic amines is 1. The summed E-state index contributed by atoms with van der Waals surface area (Å²) in [5, 5.41) is 10.2. The molecule has 0 atom stereocenters. The summed E-state index contributed by atoms with van der Waals surface area (Å²) in [5.74, 6) is 0.604. The summed E-state index contributed by atoms with van der Waals surface area (Å²) in [5.41, 5.74) is 3.11. The number of anilines is 1. The van der Waals surface area contributed by atoms with Crippen molar-refractivity contribution in [1.29, 1.82) is 0 Å². The smallest absolute Gasteiger partial charge is 0.259 e. The Bertz CT molecular complexity index is 1100. The quantitative estimate of drug-likeness (QED) is 0.645. The zero-order chi connectivity index (χ0) is 22.0. The molecule has 2 aromatic heterocycles. The van der Waals surface area contributed by atoms with Gasteiger partial charge in [0.05, 0.1) is 23.0 Å². The molecule has 0 bridgehead atoms. The third-order valence-corrected chi connectivity index (χ3v) is 5.80. The monoisotopic (exact) mass is 438 g/mol.